The maximum atomic E-state index is 4.65. The summed E-state index contributed by atoms with van der Waals surface area (Å²) in [6, 6.07) is 2.64. The number of rotatable bonds is 6. The Kier molecular flexibility index (Phi) is 4.84. The predicted octanol–water partition coefficient (Wildman–Crippen LogP) is 3.63. The van der Waals surface area contributed by atoms with Gasteiger partial charge in [-0.1, -0.05) is 27.2 Å². The van der Waals surface area contributed by atoms with Crippen molar-refractivity contribution in [1.29, 1.82) is 0 Å². The molecule has 0 radical (unpaired) electrons. The van der Waals surface area contributed by atoms with Crippen LogP contribution in [0.1, 0.15) is 59.1 Å². The SMILES string of the molecule is CCCCn1nc(C(C)C)cc1NC(C)C. The fourth-order valence-electron chi connectivity index (χ4n) is 1.61. The minimum absolute atomic E-state index is 0.456. The second kappa shape index (κ2) is 5.92. The Labute approximate surface area is 99.2 Å². The number of aryl methyl sites for hydroxylation is 1. The van der Waals surface area contributed by atoms with Crippen LogP contribution in [0.4, 0.5) is 5.82 Å². The second-order valence-electron chi connectivity index (χ2n) is 4.98. The number of unbranched alkanes of at least 4 members (excludes halogenated alkanes) is 1. The van der Waals surface area contributed by atoms with E-state index in [4.69, 9.17) is 0 Å². The van der Waals surface area contributed by atoms with Crippen LogP contribution in [0.15, 0.2) is 6.07 Å². The molecule has 1 rings (SSSR count). The van der Waals surface area contributed by atoms with Crippen molar-refractivity contribution in [2.24, 2.45) is 0 Å². The number of hydrogen-bond acceptors (Lipinski definition) is 2. The normalized spacial score (nSPS) is 11.4. The molecule has 0 amide bonds. The highest BCUT2D eigenvalue weighted by Gasteiger charge is 2.10. The van der Waals surface area contributed by atoms with E-state index in [1.807, 2.05) is 0 Å². The summed E-state index contributed by atoms with van der Waals surface area (Å²) in [6.45, 7) is 11.9. The van der Waals surface area contributed by atoms with Gasteiger partial charge in [0.05, 0.1) is 5.69 Å². The average Bonchev–Trinajstić information content (AvgIpc) is 2.57. The third-order valence-electron chi connectivity index (χ3n) is 2.55. The summed E-state index contributed by atoms with van der Waals surface area (Å²) < 4.78 is 2.11. The van der Waals surface area contributed by atoms with Crippen LogP contribution in [0.3, 0.4) is 0 Å². The molecule has 0 bridgehead atoms. The monoisotopic (exact) mass is 223 g/mol. The van der Waals surface area contributed by atoms with Crippen molar-refractivity contribution in [1.82, 2.24) is 9.78 Å². The predicted molar refractivity (Wildman–Crippen MR) is 70.0 cm³/mol. The molecular formula is C13H25N3. The van der Waals surface area contributed by atoms with Crippen molar-refractivity contribution in [2.75, 3.05) is 5.32 Å². The zero-order chi connectivity index (χ0) is 12.1. The van der Waals surface area contributed by atoms with E-state index >= 15 is 0 Å². The van der Waals surface area contributed by atoms with Crippen LogP contribution in [-0.2, 0) is 6.54 Å². The van der Waals surface area contributed by atoms with Crippen molar-refractivity contribution in [3.8, 4) is 0 Å². The standard InChI is InChI=1S/C13H25N3/c1-6-7-8-16-13(14-11(4)5)9-12(15-16)10(2)3/h9-11,14H,6-8H2,1-5H3. The molecule has 0 aliphatic rings. The first-order valence-corrected chi connectivity index (χ1v) is 6.38. The maximum absolute atomic E-state index is 4.65. The van der Waals surface area contributed by atoms with E-state index in [1.54, 1.807) is 0 Å². The Hall–Kier alpha value is -0.990. The van der Waals surface area contributed by atoms with Gasteiger partial charge in [0.1, 0.15) is 5.82 Å². The molecule has 1 aromatic rings. The van der Waals surface area contributed by atoms with Gasteiger partial charge in [-0.05, 0) is 26.2 Å². The van der Waals surface area contributed by atoms with E-state index in [0.29, 0.717) is 12.0 Å². The first kappa shape index (κ1) is 13.1. The fraction of sp³-hybridized carbons (Fsp3) is 0.769. The van der Waals surface area contributed by atoms with Crippen LogP contribution in [-0.4, -0.2) is 15.8 Å². The van der Waals surface area contributed by atoms with E-state index in [2.05, 4.69) is 55.8 Å². The molecule has 0 spiro atoms. The molecule has 1 aromatic heterocycles. The number of nitrogens with one attached hydrogen (secondary N) is 1. The molecule has 0 fully saturated rings. The second-order valence-corrected chi connectivity index (χ2v) is 4.98. The molecule has 0 unspecified atom stereocenters. The largest absolute Gasteiger partial charge is 0.368 e. The van der Waals surface area contributed by atoms with Gasteiger partial charge >= 0.3 is 0 Å². The van der Waals surface area contributed by atoms with E-state index < -0.39 is 0 Å². The zero-order valence-electron chi connectivity index (χ0n) is 11.2. The summed E-state index contributed by atoms with van der Waals surface area (Å²) in [5, 5.41) is 8.11. The van der Waals surface area contributed by atoms with Crippen molar-refractivity contribution in [3.63, 3.8) is 0 Å². The molecule has 3 heteroatoms. The Morgan fingerprint density at radius 1 is 1.31 bits per heavy atom. The number of hydrogen-bond donors (Lipinski definition) is 1. The van der Waals surface area contributed by atoms with Gasteiger partial charge in [-0.25, -0.2) is 4.68 Å². The van der Waals surface area contributed by atoms with Crippen LogP contribution in [0.25, 0.3) is 0 Å². The Morgan fingerprint density at radius 3 is 2.50 bits per heavy atom. The van der Waals surface area contributed by atoms with Gasteiger partial charge in [-0.15, -0.1) is 0 Å². The fourth-order valence-corrected chi connectivity index (χ4v) is 1.61. The van der Waals surface area contributed by atoms with E-state index in [0.717, 1.165) is 12.4 Å². The summed E-state index contributed by atoms with van der Waals surface area (Å²) in [4.78, 5) is 0. The van der Waals surface area contributed by atoms with Gasteiger partial charge < -0.3 is 5.32 Å². The lowest BCUT2D eigenvalue weighted by Crippen LogP contribution is -2.14. The molecular weight excluding hydrogens is 198 g/mol. The highest BCUT2D eigenvalue weighted by molar-refractivity contribution is 5.38. The first-order chi connectivity index (χ1) is 7.54. The molecule has 0 aromatic carbocycles. The summed E-state index contributed by atoms with van der Waals surface area (Å²) in [5.41, 5.74) is 1.18. The van der Waals surface area contributed by atoms with E-state index in [9.17, 15) is 0 Å². The number of anilines is 1. The van der Waals surface area contributed by atoms with Gasteiger partial charge in [0.25, 0.3) is 0 Å². The molecule has 1 heterocycles. The highest BCUT2D eigenvalue weighted by Crippen LogP contribution is 2.19. The van der Waals surface area contributed by atoms with Crippen molar-refractivity contribution < 1.29 is 0 Å². The third kappa shape index (κ3) is 3.54. The Balaban J connectivity index is 2.84. The zero-order valence-corrected chi connectivity index (χ0v) is 11.2. The van der Waals surface area contributed by atoms with E-state index in [-0.39, 0.29) is 0 Å². The quantitative estimate of drug-likeness (QED) is 0.798. The van der Waals surface area contributed by atoms with Gasteiger partial charge in [0.15, 0.2) is 0 Å². The minimum Gasteiger partial charge on any atom is -0.368 e. The van der Waals surface area contributed by atoms with Crippen LogP contribution < -0.4 is 5.32 Å². The molecule has 0 aliphatic heterocycles. The third-order valence-corrected chi connectivity index (χ3v) is 2.55. The highest BCUT2D eigenvalue weighted by atomic mass is 15.3. The maximum Gasteiger partial charge on any atom is 0.124 e. The molecule has 0 aliphatic carbocycles. The summed E-state index contributed by atoms with van der Waals surface area (Å²) in [7, 11) is 0. The Morgan fingerprint density at radius 2 is 2.00 bits per heavy atom. The summed E-state index contributed by atoms with van der Waals surface area (Å²) in [5.74, 6) is 1.66. The van der Waals surface area contributed by atoms with Crippen LogP contribution in [0, 0.1) is 0 Å². The molecule has 3 nitrogen and oxygen atoms in total. The van der Waals surface area contributed by atoms with Crippen molar-refractivity contribution in [3.05, 3.63) is 11.8 Å². The summed E-state index contributed by atoms with van der Waals surface area (Å²) in [6.07, 6.45) is 2.39. The molecule has 0 saturated heterocycles. The van der Waals surface area contributed by atoms with Gasteiger partial charge in [-0.3, -0.25) is 0 Å². The van der Waals surface area contributed by atoms with Gasteiger partial charge in [0.2, 0.25) is 0 Å². The van der Waals surface area contributed by atoms with Crippen molar-refractivity contribution in [2.45, 2.75) is 66.0 Å². The minimum atomic E-state index is 0.456. The Bertz CT molecular complexity index is 313. The number of aromatic nitrogens is 2. The lowest BCUT2D eigenvalue weighted by molar-refractivity contribution is 0.563. The van der Waals surface area contributed by atoms with Crippen LogP contribution >= 0.6 is 0 Å². The molecule has 1 N–H and O–H groups in total. The van der Waals surface area contributed by atoms with E-state index in [1.165, 1.54) is 18.5 Å². The molecule has 92 valence electrons. The lowest BCUT2D eigenvalue weighted by Gasteiger charge is -2.11. The van der Waals surface area contributed by atoms with Crippen LogP contribution in [0.2, 0.25) is 0 Å². The van der Waals surface area contributed by atoms with Crippen LogP contribution in [0.5, 0.6) is 0 Å². The molecule has 0 atom stereocenters. The topological polar surface area (TPSA) is 29.9 Å². The number of nitrogens with zero attached hydrogens (tertiary/aromatic N) is 2. The van der Waals surface area contributed by atoms with Gasteiger partial charge in [0, 0.05) is 18.7 Å². The van der Waals surface area contributed by atoms with Crippen molar-refractivity contribution >= 4 is 5.82 Å². The molecule has 16 heavy (non-hydrogen) atoms. The summed E-state index contributed by atoms with van der Waals surface area (Å²) >= 11 is 0. The van der Waals surface area contributed by atoms with Gasteiger partial charge in [-0.2, -0.15) is 5.10 Å². The smallest absolute Gasteiger partial charge is 0.124 e. The first-order valence-electron chi connectivity index (χ1n) is 6.38. The average molecular weight is 223 g/mol. The molecule has 0 saturated carbocycles. The lowest BCUT2D eigenvalue weighted by atomic mass is 10.1.